The average molecular weight is 503 g/mol. The molecular formula is C29H34N4O4. The largest absolute Gasteiger partial charge is 0.365 e. The summed E-state index contributed by atoms with van der Waals surface area (Å²) >= 11 is 0. The Labute approximate surface area is 217 Å². The van der Waals surface area contributed by atoms with E-state index in [1.807, 2.05) is 67.7 Å². The summed E-state index contributed by atoms with van der Waals surface area (Å²) < 4.78 is 13.8. The number of hydrogen-bond donors (Lipinski definition) is 0. The fourth-order valence-electron chi connectivity index (χ4n) is 5.04. The minimum atomic E-state index is -0.967. The topological polar surface area (TPSA) is 76.9 Å². The molecule has 37 heavy (non-hydrogen) atoms. The third kappa shape index (κ3) is 5.31. The molecular weight excluding hydrogens is 468 g/mol. The Morgan fingerprint density at radius 2 is 1.84 bits per heavy atom. The van der Waals surface area contributed by atoms with E-state index < -0.39 is 12.2 Å². The second-order valence-corrected chi connectivity index (χ2v) is 9.65. The van der Waals surface area contributed by atoms with E-state index in [0.717, 1.165) is 35.2 Å². The van der Waals surface area contributed by atoms with Crippen LogP contribution in [0.15, 0.2) is 67.0 Å². The van der Waals surface area contributed by atoms with E-state index in [2.05, 4.69) is 12.0 Å². The second-order valence-electron chi connectivity index (χ2n) is 9.65. The number of amides is 2. The van der Waals surface area contributed by atoms with E-state index in [1.54, 1.807) is 20.7 Å². The van der Waals surface area contributed by atoms with Crippen LogP contribution in [0.3, 0.4) is 0 Å². The molecule has 1 fully saturated rings. The van der Waals surface area contributed by atoms with Gasteiger partial charge in [0.1, 0.15) is 0 Å². The number of unbranched alkanes of at least 4 members (excludes halogenated alkanes) is 1. The van der Waals surface area contributed by atoms with Crippen molar-refractivity contribution >= 4 is 11.8 Å². The third-order valence-corrected chi connectivity index (χ3v) is 7.23. The van der Waals surface area contributed by atoms with Gasteiger partial charge in [0.2, 0.25) is 0 Å². The van der Waals surface area contributed by atoms with Gasteiger partial charge in [-0.25, -0.2) is 4.68 Å². The standard InChI is InChI=1S/C29H34N4O4/c1-3-4-17-36-26(28(34)31-19-23-8-5-6-9-24(23)20-31)27-29(35)32(16-18-37-27)21(2)22-10-12-25(13-11-22)33-15-7-14-30-33/h5-15,21,26-27H,3-4,16-20H2,1-2H3/t21-,26?,27-/m1/s1. The van der Waals surface area contributed by atoms with Crippen molar-refractivity contribution in [2.75, 3.05) is 19.8 Å². The summed E-state index contributed by atoms with van der Waals surface area (Å²) in [6.45, 7) is 6.34. The predicted molar refractivity (Wildman–Crippen MR) is 139 cm³/mol. The number of carbonyl (C=O) groups is 2. The van der Waals surface area contributed by atoms with E-state index in [1.165, 1.54) is 0 Å². The van der Waals surface area contributed by atoms with E-state index in [-0.39, 0.29) is 17.9 Å². The molecule has 3 atom stereocenters. The smallest absolute Gasteiger partial charge is 0.255 e. The van der Waals surface area contributed by atoms with Gasteiger partial charge in [-0.15, -0.1) is 0 Å². The van der Waals surface area contributed by atoms with Gasteiger partial charge >= 0.3 is 0 Å². The van der Waals surface area contributed by atoms with Crippen LogP contribution in [0.25, 0.3) is 5.69 Å². The summed E-state index contributed by atoms with van der Waals surface area (Å²) in [6.07, 6.45) is 3.45. The van der Waals surface area contributed by atoms with Crippen LogP contribution in [0, 0.1) is 0 Å². The number of carbonyl (C=O) groups excluding carboxylic acids is 2. The van der Waals surface area contributed by atoms with Crippen LogP contribution in [0.1, 0.15) is 49.4 Å². The van der Waals surface area contributed by atoms with Gasteiger partial charge in [0.25, 0.3) is 11.8 Å². The predicted octanol–water partition coefficient (Wildman–Crippen LogP) is 3.89. The first kappa shape index (κ1) is 25.2. The van der Waals surface area contributed by atoms with Gasteiger partial charge < -0.3 is 19.3 Å². The van der Waals surface area contributed by atoms with Crippen molar-refractivity contribution in [1.29, 1.82) is 0 Å². The Hall–Kier alpha value is -3.49. The highest BCUT2D eigenvalue weighted by Crippen LogP contribution is 2.29. The molecule has 0 radical (unpaired) electrons. The summed E-state index contributed by atoms with van der Waals surface area (Å²) in [4.78, 5) is 31.0. The number of hydrogen-bond acceptors (Lipinski definition) is 5. The van der Waals surface area contributed by atoms with Gasteiger partial charge in [0.05, 0.1) is 18.3 Å². The Balaban J connectivity index is 1.32. The molecule has 1 aromatic heterocycles. The molecule has 0 bridgehead atoms. The number of nitrogens with zero attached hydrogens (tertiary/aromatic N) is 4. The molecule has 2 amide bonds. The zero-order valence-electron chi connectivity index (χ0n) is 21.5. The molecule has 1 unspecified atom stereocenters. The minimum absolute atomic E-state index is 0.173. The molecule has 0 saturated carbocycles. The van der Waals surface area contributed by atoms with Crippen LogP contribution in [-0.2, 0) is 32.2 Å². The zero-order chi connectivity index (χ0) is 25.8. The number of morpholine rings is 1. The van der Waals surface area contributed by atoms with Crippen molar-refractivity contribution in [3.05, 3.63) is 83.7 Å². The van der Waals surface area contributed by atoms with Gasteiger partial charge in [0.15, 0.2) is 12.2 Å². The Kier molecular flexibility index (Phi) is 7.67. The maximum absolute atomic E-state index is 13.7. The number of fused-ring (bicyclic) bond motifs is 1. The van der Waals surface area contributed by atoms with Crippen molar-refractivity contribution < 1.29 is 19.1 Å². The molecule has 2 aliphatic rings. The molecule has 8 heteroatoms. The molecule has 1 saturated heterocycles. The maximum atomic E-state index is 13.7. The lowest BCUT2D eigenvalue weighted by molar-refractivity contribution is -0.179. The molecule has 0 N–H and O–H groups in total. The number of rotatable bonds is 9. The lowest BCUT2D eigenvalue weighted by atomic mass is 10.0. The van der Waals surface area contributed by atoms with Crippen LogP contribution >= 0.6 is 0 Å². The lowest BCUT2D eigenvalue weighted by Crippen LogP contribution is -2.57. The summed E-state index contributed by atoms with van der Waals surface area (Å²) in [7, 11) is 0. The van der Waals surface area contributed by atoms with Gasteiger partial charge in [-0.1, -0.05) is 49.7 Å². The molecule has 8 nitrogen and oxygen atoms in total. The molecule has 3 aromatic rings. The zero-order valence-corrected chi connectivity index (χ0v) is 21.5. The monoisotopic (exact) mass is 502 g/mol. The highest BCUT2D eigenvalue weighted by Gasteiger charge is 2.44. The normalized spacial score (nSPS) is 19.1. The molecule has 5 rings (SSSR count). The van der Waals surface area contributed by atoms with Crippen LogP contribution < -0.4 is 0 Å². The Morgan fingerprint density at radius 1 is 1.11 bits per heavy atom. The minimum Gasteiger partial charge on any atom is -0.365 e. The number of ether oxygens (including phenoxy) is 2. The first-order chi connectivity index (χ1) is 18.1. The summed E-state index contributed by atoms with van der Waals surface area (Å²) in [5, 5.41) is 4.27. The average Bonchev–Trinajstić information content (AvgIpc) is 3.62. The van der Waals surface area contributed by atoms with Crippen molar-refractivity contribution in [3.8, 4) is 5.69 Å². The lowest BCUT2D eigenvalue weighted by Gasteiger charge is -2.39. The first-order valence-corrected chi connectivity index (χ1v) is 13.1. The molecule has 2 aromatic carbocycles. The summed E-state index contributed by atoms with van der Waals surface area (Å²) in [6, 6.07) is 17.8. The third-order valence-electron chi connectivity index (χ3n) is 7.23. The Bertz CT molecular complexity index is 1190. The van der Waals surface area contributed by atoms with Crippen LogP contribution in [0.2, 0.25) is 0 Å². The summed E-state index contributed by atoms with van der Waals surface area (Å²) in [5.74, 6) is -0.398. The highest BCUT2D eigenvalue weighted by molar-refractivity contribution is 5.92. The quantitative estimate of drug-likeness (QED) is 0.415. The van der Waals surface area contributed by atoms with Crippen molar-refractivity contribution in [3.63, 3.8) is 0 Å². The highest BCUT2D eigenvalue weighted by atomic mass is 16.5. The SMILES string of the molecule is CCCCOC(C(=O)N1Cc2ccccc2C1)[C@H]1OCCN([C@H](C)c2ccc(-n3cccn3)cc2)C1=O. The van der Waals surface area contributed by atoms with Gasteiger partial charge in [-0.2, -0.15) is 5.10 Å². The van der Waals surface area contributed by atoms with E-state index in [4.69, 9.17) is 9.47 Å². The Morgan fingerprint density at radius 3 is 2.49 bits per heavy atom. The van der Waals surface area contributed by atoms with Crippen LogP contribution in [0.5, 0.6) is 0 Å². The van der Waals surface area contributed by atoms with E-state index in [0.29, 0.717) is 32.8 Å². The van der Waals surface area contributed by atoms with Gasteiger partial charge in [-0.3, -0.25) is 9.59 Å². The molecule has 0 spiro atoms. The summed E-state index contributed by atoms with van der Waals surface area (Å²) in [5.41, 5.74) is 4.23. The maximum Gasteiger partial charge on any atom is 0.255 e. The molecule has 0 aliphatic carbocycles. The van der Waals surface area contributed by atoms with E-state index >= 15 is 0 Å². The van der Waals surface area contributed by atoms with Crippen LogP contribution in [-0.4, -0.2) is 63.4 Å². The van der Waals surface area contributed by atoms with E-state index in [9.17, 15) is 9.59 Å². The van der Waals surface area contributed by atoms with Crippen molar-refractivity contribution in [2.45, 2.75) is 58.0 Å². The molecule has 194 valence electrons. The number of aromatic nitrogens is 2. The fraction of sp³-hybridized carbons (Fsp3) is 0.414. The van der Waals surface area contributed by atoms with Gasteiger partial charge in [0, 0.05) is 38.6 Å². The molecule has 2 aliphatic heterocycles. The molecule has 3 heterocycles. The van der Waals surface area contributed by atoms with Crippen molar-refractivity contribution in [2.24, 2.45) is 0 Å². The fourth-order valence-corrected chi connectivity index (χ4v) is 5.04. The second kappa shape index (κ2) is 11.3. The van der Waals surface area contributed by atoms with Gasteiger partial charge in [-0.05, 0) is 48.2 Å². The number of benzene rings is 2. The van der Waals surface area contributed by atoms with Crippen LogP contribution in [0.4, 0.5) is 0 Å². The first-order valence-electron chi connectivity index (χ1n) is 13.1. The van der Waals surface area contributed by atoms with Crippen molar-refractivity contribution in [1.82, 2.24) is 19.6 Å².